The Balaban J connectivity index is 1.97. The third-order valence-corrected chi connectivity index (χ3v) is 3.97. The van der Waals surface area contributed by atoms with Gasteiger partial charge in [0.1, 0.15) is 5.82 Å². The molecule has 0 spiro atoms. The molecule has 2 N–H and O–H groups in total. The Morgan fingerprint density at radius 1 is 1.58 bits per heavy atom. The SMILES string of the molecule is CCC(C)n1nccc1NC(=O)CC1(O)CCCC1. The topological polar surface area (TPSA) is 67.2 Å². The molecule has 106 valence electrons. The molecule has 0 aromatic carbocycles. The van der Waals surface area contributed by atoms with E-state index < -0.39 is 5.60 Å². The van der Waals surface area contributed by atoms with E-state index in [4.69, 9.17) is 0 Å². The molecule has 1 saturated carbocycles. The molecule has 0 saturated heterocycles. The molecule has 1 unspecified atom stereocenters. The minimum Gasteiger partial charge on any atom is -0.389 e. The van der Waals surface area contributed by atoms with Crippen molar-refractivity contribution in [2.75, 3.05) is 5.32 Å². The highest BCUT2D eigenvalue weighted by Crippen LogP contribution is 2.32. The summed E-state index contributed by atoms with van der Waals surface area (Å²) in [6.45, 7) is 4.15. The van der Waals surface area contributed by atoms with Crippen LogP contribution in [0.2, 0.25) is 0 Å². The number of carbonyl (C=O) groups is 1. The molecule has 1 atom stereocenters. The van der Waals surface area contributed by atoms with E-state index in [0.29, 0.717) is 5.82 Å². The minimum absolute atomic E-state index is 0.130. The van der Waals surface area contributed by atoms with E-state index in [1.54, 1.807) is 12.3 Å². The van der Waals surface area contributed by atoms with Crippen molar-refractivity contribution in [3.63, 3.8) is 0 Å². The molecule has 5 nitrogen and oxygen atoms in total. The number of anilines is 1. The van der Waals surface area contributed by atoms with Gasteiger partial charge in [-0.2, -0.15) is 5.10 Å². The third-order valence-electron chi connectivity index (χ3n) is 3.97. The molecule has 5 heteroatoms. The van der Waals surface area contributed by atoms with E-state index in [0.717, 1.165) is 32.1 Å². The molecule has 1 aliphatic rings. The highest BCUT2D eigenvalue weighted by molar-refractivity contribution is 5.90. The number of nitrogens with zero attached hydrogens (tertiary/aromatic N) is 2. The van der Waals surface area contributed by atoms with E-state index >= 15 is 0 Å². The van der Waals surface area contributed by atoms with Crippen LogP contribution in [-0.2, 0) is 4.79 Å². The number of nitrogens with one attached hydrogen (secondary N) is 1. The summed E-state index contributed by atoms with van der Waals surface area (Å²) in [7, 11) is 0. The maximum Gasteiger partial charge on any atom is 0.228 e. The maximum atomic E-state index is 12.0. The predicted molar refractivity (Wildman–Crippen MR) is 73.9 cm³/mol. The van der Waals surface area contributed by atoms with Crippen LogP contribution in [0.1, 0.15) is 58.4 Å². The first-order valence-electron chi connectivity index (χ1n) is 7.10. The fourth-order valence-electron chi connectivity index (χ4n) is 2.63. The summed E-state index contributed by atoms with van der Waals surface area (Å²) in [6, 6.07) is 2.04. The summed E-state index contributed by atoms with van der Waals surface area (Å²) >= 11 is 0. The van der Waals surface area contributed by atoms with Crippen LogP contribution < -0.4 is 5.32 Å². The first-order valence-corrected chi connectivity index (χ1v) is 7.10. The lowest BCUT2D eigenvalue weighted by molar-refractivity contribution is -0.120. The Labute approximate surface area is 114 Å². The average Bonchev–Trinajstić information content (AvgIpc) is 2.97. The average molecular weight is 265 g/mol. The van der Waals surface area contributed by atoms with Crippen LogP contribution in [0.4, 0.5) is 5.82 Å². The Morgan fingerprint density at radius 2 is 2.26 bits per heavy atom. The fourth-order valence-corrected chi connectivity index (χ4v) is 2.63. The van der Waals surface area contributed by atoms with Gasteiger partial charge in [-0.25, -0.2) is 4.68 Å². The van der Waals surface area contributed by atoms with Gasteiger partial charge in [-0.1, -0.05) is 19.8 Å². The summed E-state index contributed by atoms with van der Waals surface area (Å²) in [5, 5.41) is 17.3. The largest absolute Gasteiger partial charge is 0.389 e. The summed E-state index contributed by atoms with van der Waals surface area (Å²) in [6.07, 6.45) is 6.29. The van der Waals surface area contributed by atoms with Gasteiger partial charge in [0.25, 0.3) is 0 Å². The van der Waals surface area contributed by atoms with Crippen molar-refractivity contribution in [2.24, 2.45) is 0 Å². The molecule has 1 aromatic rings. The molecule has 0 radical (unpaired) electrons. The van der Waals surface area contributed by atoms with Crippen molar-refractivity contribution in [1.29, 1.82) is 0 Å². The zero-order valence-electron chi connectivity index (χ0n) is 11.7. The maximum absolute atomic E-state index is 12.0. The molecule has 1 fully saturated rings. The van der Waals surface area contributed by atoms with E-state index in [-0.39, 0.29) is 18.4 Å². The zero-order valence-corrected chi connectivity index (χ0v) is 11.7. The lowest BCUT2D eigenvalue weighted by atomic mass is 9.98. The molecule has 19 heavy (non-hydrogen) atoms. The van der Waals surface area contributed by atoms with Crippen molar-refractivity contribution in [2.45, 2.75) is 64.0 Å². The van der Waals surface area contributed by atoms with Gasteiger partial charge in [-0.05, 0) is 26.2 Å². The molecular weight excluding hydrogens is 242 g/mol. The third kappa shape index (κ3) is 3.35. The van der Waals surface area contributed by atoms with E-state index in [2.05, 4.69) is 24.3 Å². The number of hydrogen-bond donors (Lipinski definition) is 2. The molecule has 1 aromatic heterocycles. The fraction of sp³-hybridized carbons (Fsp3) is 0.714. The van der Waals surface area contributed by atoms with E-state index in [1.165, 1.54) is 0 Å². The predicted octanol–water partition coefficient (Wildman–Crippen LogP) is 2.49. The van der Waals surface area contributed by atoms with Crippen LogP contribution in [0.3, 0.4) is 0 Å². The van der Waals surface area contributed by atoms with Gasteiger partial charge in [0.05, 0.1) is 24.3 Å². The Hall–Kier alpha value is -1.36. The zero-order chi connectivity index (χ0) is 13.9. The van der Waals surface area contributed by atoms with Crippen molar-refractivity contribution in [3.8, 4) is 0 Å². The van der Waals surface area contributed by atoms with Gasteiger partial charge in [0.2, 0.25) is 5.91 Å². The second-order valence-electron chi connectivity index (χ2n) is 5.57. The van der Waals surface area contributed by atoms with Crippen LogP contribution in [0.5, 0.6) is 0 Å². The Bertz CT molecular complexity index is 436. The molecular formula is C14H23N3O2. The molecule has 0 bridgehead atoms. The van der Waals surface area contributed by atoms with Gasteiger partial charge < -0.3 is 10.4 Å². The second-order valence-corrected chi connectivity index (χ2v) is 5.57. The van der Waals surface area contributed by atoms with Crippen molar-refractivity contribution >= 4 is 11.7 Å². The molecule has 0 aliphatic heterocycles. The number of hydrogen-bond acceptors (Lipinski definition) is 3. The minimum atomic E-state index is -0.800. The van der Waals surface area contributed by atoms with Gasteiger partial charge in [0, 0.05) is 6.07 Å². The Kier molecular flexibility index (Phi) is 4.24. The summed E-state index contributed by atoms with van der Waals surface area (Å²) in [5.74, 6) is 0.579. The lowest BCUT2D eigenvalue weighted by Gasteiger charge is -2.21. The standard InChI is InChI=1S/C14H23N3O2/c1-3-11(2)17-12(6-9-15-17)16-13(18)10-14(19)7-4-5-8-14/h6,9,11,19H,3-5,7-8,10H2,1-2H3,(H,16,18). The summed E-state index contributed by atoms with van der Waals surface area (Å²) in [5.41, 5.74) is -0.800. The van der Waals surface area contributed by atoms with Gasteiger partial charge in [-0.3, -0.25) is 4.79 Å². The summed E-state index contributed by atoms with van der Waals surface area (Å²) in [4.78, 5) is 12.0. The normalized spacial score (nSPS) is 19.3. The lowest BCUT2D eigenvalue weighted by Crippen LogP contribution is -2.31. The number of amides is 1. The molecule has 2 rings (SSSR count). The van der Waals surface area contributed by atoms with Gasteiger partial charge in [0.15, 0.2) is 0 Å². The summed E-state index contributed by atoms with van der Waals surface area (Å²) < 4.78 is 1.82. The van der Waals surface area contributed by atoms with Crippen LogP contribution in [-0.4, -0.2) is 26.4 Å². The van der Waals surface area contributed by atoms with Crippen LogP contribution in [0, 0.1) is 0 Å². The highest BCUT2D eigenvalue weighted by Gasteiger charge is 2.33. The highest BCUT2D eigenvalue weighted by atomic mass is 16.3. The number of aromatic nitrogens is 2. The van der Waals surface area contributed by atoms with Crippen molar-refractivity contribution < 1.29 is 9.90 Å². The first-order chi connectivity index (χ1) is 9.04. The van der Waals surface area contributed by atoms with Crippen LogP contribution >= 0.6 is 0 Å². The first kappa shape index (κ1) is 14.1. The van der Waals surface area contributed by atoms with Crippen LogP contribution in [0.25, 0.3) is 0 Å². The second kappa shape index (κ2) is 5.74. The van der Waals surface area contributed by atoms with Gasteiger partial charge >= 0.3 is 0 Å². The number of aliphatic hydroxyl groups is 1. The molecule has 1 aliphatic carbocycles. The molecule has 1 amide bonds. The van der Waals surface area contributed by atoms with E-state index in [1.807, 2.05) is 4.68 Å². The number of rotatable bonds is 5. The van der Waals surface area contributed by atoms with Crippen LogP contribution in [0.15, 0.2) is 12.3 Å². The Morgan fingerprint density at radius 3 is 2.89 bits per heavy atom. The smallest absolute Gasteiger partial charge is 0.228 e. The quantitative estimate of drug-likeness (QED) is 0.859. The van der Waals surface area contributed by atoms with E-state index in [9.17, 15) is 9.90 Å². The molecule has 1 heterocycles. The van der Waals surface area contributed by atoms with Gasteiger partial charge in [-0.15, -0.1) is 0 Å². The monoisotopic (exact) mass is 265 g/mol. The number of carbonyl (C=O) groups excluding carboxylic acids is 1. The van der Waals surface area contributed by atoms with Crippen molar-refractivity contribution in [3.05, 3.63) is 12.3 Å². The van der Waals surface area contributed by atoms with Crippen molar-refractivity contribution in [1.82, 2.24) is 9.78 Å².